The maximum atomic E-state index is 13.9. The summed E-state index contributed by atoms with van der Waals surface area (Å²) < 4.78 is 57.1. The van der Waals surface area contributed by atoms with Crippen LogP contribution in [0.3, 0.4) is 0 Å². The van der Waals surface area contributed by atoms with Crippen LogP contribution in [-0.4, -0.2) is 31.1 Å². The average Bonchev–Trinajstić information content (AvgIpc) is 3.07. The van der Waals surface area contributed by atoms with Crippen LogP contribution in [0, 0.1) is 11.6 Å². The van der Waals surface area contributed by atoms with E-state index in [1.807, 2.05) is 0 Å². The first-order chi connectivity index (χ1) is 9.09. The van der Waals surface area contributed by atoms with Crippen molar-refractivity contribution in [3.05, 3.63) is 29.3 Å². The highest BCUT2D eigenvalue weighted by molar-refractivity contribution is 7.90. The number of sulfonamides is 1. The zero-order chi connectivity index (χ0) is 15.3. The Bertz CT molecular complexity index is 615. The van der Waals surface area contributed by atoms with E-state index in [1.165, 1.54) is 7.11 Å². The van der Waals surface area contributed by atoms with E-state index in [0.717, 1.165) is 16.4 Å². The summed E-state index contributed by atoms with van der Waals surface area (Å²) in [6.45, 7) is 4.76. The Balaban J connectivity index is 2.34. The molecule has 2 atom stereocenters. The number of hydrogen-bond donors (Lipinski definition) is 0. The molecule has 1 saturated heterocycles. The molecule has 0 amide bonds. The molecule has 20 heavy (non-hydrogen) atoms. The largest absolute Gasteiger partial charge is 0.497 e. The molecule has 1 heterocycles. The van der Waals surface area contributed by atoms with Crippen molar-refractivity contribution in [2.45, 2.75) is 31.6 Å². The minimum Gasteiger partial charge on any atom is -0.497 e. The fourth-order valence-corrected chi connectivity index (χ4v) is 3.45. The third-order valence-corrected chi connectivity index (χ3v) is 5.84. The van der Waals surface area contributed by atoms with Gasteiger partial charge in [0.2, 0.25) is 10.0 Å². The predicted octanol–water partition coefficient (Wildman–Crippen LogP) is 2.46. The lowest BCUT2D eigenvalue weighted by molar-refractivity contribution is 0.404. The molecule has 0 aromatic heterocycles. The van der Waals surface area contributed by atoms with Crippen LogP contribution < -0.4 is 4.74 Å². The molecule has 4 nitrogen and oxygen atoms in total. The van der Waals surface area contributed by atoms with Crippen molar-refractivity contribution >= 4 is 10.0 Å². The van der Waals surface area contributed by atoms with Crippen molar-refractivity contribution < 1.29 is 21.9 Å². The van der Waals surface area contributed by atoms with Gasteiger partial charge in [0.05, 0.1) is 17.9 Å². The van der Waals surface area contributed by atoms with Crippen molar-refractivity contribution in [2.75, 3.05) is 13.7 Å². The molecule has 1 unspecified atom stereocenters. The molecule has 0 aliphatic carbocycles. The van der Waals surface area contributed by atoms with E-state index < -0.39 is 32.4 Å². The minimum atomic E-state index is -3.58. The quantitative estimate of drug-likeness (QED) is 0.806. The van der Waals surface area contributed by atoms with Gasteiger partial charge in [0.25, 0.3) is 0 Å². The van der Waals surface area contributed by atoms with Gasteiger partial charge in [0.15, 0.2) is 0 Å². The second-order valence-corrected chi connectivity index (χ2v) is 8.35. The molecule has 2 rings (SSSR count). The van der Waals surface area contributed by atoms with E-state index in [0.29, 0.717) is 0 Å². The third-order valence-electron chi connectivity index (χ3n) is 3.27. The maximum Gasteiger partial charge on any atom is 0.219 e. The van der Waals surface area contributed by atoms with Crippen molar-refractivity contribution in [3.8, 4) is 5.75 Å². The van der Waals surface area contributed by atoms with Gasteiger partial charge in [-0.25, -0.2) is 17.2 Å². The van der Waals surface area contributed by atoms with Crippen molar-refractivity contribution in [2.24, 2.45) is 0 Å². The van der Waals surface area contributed by atoms with Crippen LogP contribution in [-0.2, 0) is 10.0 Å². The summed E-state index contributed by atoms with van der Waals surface area (Å²) in [6, 6.07) is 1.34. The lowest BCUT2D eigenvalue weighted by Gasteiger charge is -2.20. The summed E-state index contributed by atoms with van der Waals surface area (Å²) >= 11 is 0. The Morgan fingerprint density at radius 1 is 1.25 bits per heavy atom. The van der Waals surface area contributed by atoms with Crippen LogP contribution in [0.5, 0.6) is 5.75 Å². The van der Waals surface area contributed by atoms with Crippen molar-refractivity contribution in [1.29, 1.82) is 0 Å². The predicted molar refractivity (Wildman–Crippen MR) is 71.0 cm³/mol. The van der Waals surface area contributed by atoms with Crippen LogP contribution in [0.25, 0.3) is 0 Å². The van der Waals surface area contributed by atoms with Gasteiger partial charge in [-0.3, -0.25) is 0 Å². The van der Waals surface area contributed by atoms with Crippen molar-refractivity contribution in [3.63, 3.8) is 0 Å². The van der Waals surface area contributed by atoms with Crippen molar-refractivity contribution in [1.82, 2.24) is 4.31 Å². The highest BCUT2D eigenvalue weighted by atomic mass is 32.2. The monoisotopic (exact) mass is 305 g/mol. The van der Waals surface area contributed by atoms with Crippen LogP contribution in [0.4, 0.5) is 8.78 Å². The Hall–Kier alpha value is -1.21. The molecule has 1 aliphatic rings. The fraction of sp³-hybridized carbons (Fsp3) is 0.538. The number of benzene rings is 1. The van der Waals surface area contributed by atoms with E-state index in [1.54, 1.807) is 20.8 Å². The zero-order valence-corrected chi connectivity index (χ0v) is 12.6. The molecule has 1 fully saturated rings. The van der Waals surface area contributed by atoms with Gasteiger partial charge in [0.1, 0.15) is 17.4 Å². The number of rotatable bonds is 3. The lowest BCUT2D eigenvalue weighted by Crippen LogP contribution is -2.33. The molecule has 0 spiro atoms. The number of nitrogens with zero attached hydrogens (tertiary/aromatic N) is 1. The van der Waals surface area contributed by atoms with Crippen LogP contribution >= 0.6 is 0 Å². The van der Waals surface area contributed by atoms with Gasteiger partial charge in [-0.05, 0) is 20.8 Å². The summed E-state index contributed by atoms with van der Waals surface area (Å²) in [5, 5.41) is 0. The first-order valence-corrected chi connectivity index (χ1v) is 7.58. The highest BCUT2D eigenvalue weighted by Crippen LogP contribution is 2.44. The van der Waals surface area contributed by atoms with Gasteiger partial charge in [-0.1, -0.05) is 0 Å². The normalized spacial score (nSPS) is 22.7. The Labute approximate surface area is 117 Å². The van der Waals surface area contributed by atoms with E-state index in [-0.39, 0.29) is 17.9 Å². The lowest BCUT2D eigenvalue weighted by atomic mass is 10.1. The van der Waals surface area contributed by atoms with E-state index in [4.69, 9.17) is 4.74 Å². The standard InChI is InChI=1S/C13H17F2NO3S/c1-13(2,3)20(17,18)16-7-11(16)12-9(14)5-8(19-4)6-10(12)15/h5-6,11H,7H2,1-4H3/t11-,16?/m1/s1. The molecule has 7 heteroatoms. The smallest absolute Gasteiger partial charge is 0.219 e. The summed E-state index contributed by atoms with van der Waals surface area (Å²) in [7, 11) is -2.27. The molecular weight excluding hydrogens is 288 g/mol. The second kappa shape index (κ2) is 4.66. The Morgan fingerprint density at radius 2 is 1.75 bits per heavy atom. The summed E-state index contributed by atoms with van der Waals surface area (Å²) in [5.74, 6) is -1.52. The maximum absolute atomic E-state index is 13.9. The highest BCUT2D eigenvalue weighted by Gasteiger charge is 2.51. The van der Waals surface area contributed by atoms with Crippen LogP contribution in [0.2, 0.25) is 0 Å². The Morgan fingerprint density at radius 3 is 2.15 bits per heavy atom. The molecule has 1 aromatic carbocycles. The molecular formula is C13H17F2NO3S. The molecule has 0 bridgehead atoms. The summed E-state index contributed by atoms with van der Waals surface area (Å²) in [4.78, 5) is 0. The number of hydrogen-bond acceptors (Lipinski definition) is 3. The zero-order valence-electron chi connectivity index (χ0n) is 11.8. The topological polar surface area (TPSA) is 46.4 Å². The van der Waals surface area contributed by atoms with E-state index in [9.17, 15) is 17.2 Å². The van der Waals surface area contributed by atoms with Gasteiger partial charge in [-0.2, -0.15) is 4.31 Å². The molecule has 0 radical (unpaired) electrons. The number of methoxy groups -OCH3 is 1. The van der Waals surface area contributed by atoms with E-state index >= 15 is 0 Å². The van der Waals surface area contributed by atoms with Crippen LogP contribution in [0.15, 0.2) is 12.1 Å². The number of ether oxygens (including phenoxy) is 1. The van der Waals surface area contributed by atoms with Gasteiger partial charge in [0, 0.05) is 24.2 Å². The van der Waals surface area contributed by atoms with Crippen LogP contribution in [0.1, 0.15) is 32.4 Å². The molecule has 112 valence electrons. The Kier molecular flexibility index (Phi) is 3.54. The first kappa shape index (κ1) is 15.2. The number of halogens is 2. The fourth-order valence-electron chi connectivity index (χ4n) is 1.97. The van der Waals surface area contributed by atoms with E-state index in [2.05, 4.69) is 0 Å². The molecule has 0 saturated carbocycles. The molecule has 1 aromatic rings. The third kappa shape index (κ3) is 2.40. The summed E-state index contributed by atoms with van der Waals surface area (Å²) in [5.41, 5.74) is -0.223. The second-order valence-electron chi connectivity index (χ2n) is 5.71. The average molecular weight is 305 g/mol. The van der Waals surface area contributed by atoms with Gasteiger partial charge >= 0.3 is 0 Å². The van der Waals surface area contributed by atoms with Gasteiger partial charge in [-0.15, -0.1) is 0 Å². The van der Waals surface area contributed by atoms with Gasteiger partial charge < -0.3 is 4.74 Å². The molecule has 0 N–H and O–H groups in total. The molecule has 1 aliphatic heterocycles. The SMILES string of the molecule is COc1cc(F)c([C@H]2CN2S(=O)(=O)C(C)(C)C)c(F)c1. The first-order valence-electron chi connectivity index (χ1n) is 6.14. The summed E-state index contributed by atoms with van der Waals surface area (Å²) in [6.07, 6.45) is 0. The minimum absolute atomic E-state index is 0.0645.